The molecule has 1 aromatic rings. The Kier molecular flexibility index (Phi) is 9.36. The van der Waals surface area contributed by atoms with Gasteiger partial charge < -0.3 is 20.1 Å². The smallest absolute Gasteiger partial charge is 0.323 e. The van der Waals surface area contributed by atoms with Crippen LogP contribution in [0.5, 0.6) is 0 Å². The zero-order chi connectivity index (χ0) is 21.2. The molecule has 0 bridgehead atoms. The van der Waals surface area contributed by atoms with Crippen LogP contribution in [0.1, 0.15) is 50.3 Å². The summed E-state index contributed by atoms with van der Waals surface area (Å²) >= 11 is 0. The summed E-state index contributed by atoms with van der Waals surface area (Å²) in [6.07, 6.45) is 7.86. The van der Waals surface area contributed by atoms with Gasteiger partial charge in [0.05, 0.1) is 6.61 Å². The monoisotopic (exact) mass is 418 g/mol. The van der Waals surface area contributed by atoms with E-state index >= 15 is 0 Å². The summed E-state index contributed by atoms with van der Waals surface area (Å²) in [5, 5.41) is 7.11. The van der Waals surface area contributed by atoms with Crippen molar-refractivity contribution in [2.24, 2.45) is 0 Å². The second kappa shape index (κ2) is 12.2. The van der Waals surface area contributed by atoms with E-state index in [4.69, 9.17) is 14.5 Å². The number of hydrogen-bond donors (Lipinski definition) is 2. The maximum atomic E-state index is 12.1. The van der Waals surface area contributed by atoms with Crippen molar-refractivity contribution >= 4 is 11.8 Å². The molecule has 0 aliphatic carbocycles. The number of methoxy groups -OCH3 is 1. The van der Waals surface area contributed by atoms with Crippen LogP contribution in [0.4, 0.5) is 5.82 Å². The van der Waals surface area contributed by atoms with Crippen LogP contribution < -0.4 is 10.6 Å². The molecule has 1 saturated heterocycles. The molecule has 3 rings (SSSR count). The molecule has 1 unspecified atom stereocenters. The minimum Gasteiger partial charge on any atom is -0.462 e. The average Bonchev–Trinajstić information content (AvgIpc) is 2.79. The van der Waals surface area contributed by atoms with Crippen molar-refractivity contribution < 1.29 is 14.3 Å². The molecule has 7 heteroatoms. The Hall–Kier alpha value is -1.70. The third kappa shape index (κ3) is 6.93. The highest BCUT2D eigenvalue weighted by Gasteiger charge is 2.27. The standard InChI is InChI=1S/C23H38N4O3/c1-18(23(28)30-17-16-29-2)27-14-10-20(11-15-27)24-12-4-3-7-21-9-8-19-6-5-13-25-22(19)26-21/h8-9,18,20,24H,3-7,10-17H2,1-2H3,(H,25,26). The van der Waals surface area contributed by atoms with Gasteiger partial charge >= 0.3 is 5.97 Å². The average molecular weight is 419 g/mol. The number of likely N-dealkylation sites (tertiary alicyclic amines) is 1. The van der Waals surface area contributed by atoms with Gasteiger partial charge in [-0.3, -0.25) is 9.69 Å². The van der Waals surface area contributed by atoms with Gasteiger partial charge in [0, 0.05) is 38.5 Å². The summed E-state index contributed by atoms with van der Waals surface area (Å²) in [7, 11) is 1.61. The predicted octanol–water partition coefficient (Wildman–Crippen LogP) is 2.39. The van der Waals surface area contributed by atoms with Crippen molar-refractivity contribution in [3.63, 3.8) is 0 Å². The molecular weight excluding hydrogens is 380 g/mol. The quantitative estimate of drug-likeness (QED) is 0.422. The number of rotatable bonds is 11. The number of anilines is 1. The molecule has 30 heavy (non-hydrogen) atoms. The molecule has 0 radical (unpaired) electrons. The molecule has 0 amide bonds. The van der Waals surface area contributed by atoms with Crippen molar-refractivity contribution in [2.75, 3.05) is 51.8 Å². The minimum atomic E-state index is -0.179. The summed E-state index contributed by atoms with van der Waals surface area (Å²) < 4.78 is 10.2. The number of carbonyl (C=O) groups excluding carboxylic acids is 1. The SMILES string of the molecule is COCCOC(=O)C(C)N1CCC(NCCCCc2ccc3c(n2)NCCC3)CC1. The summed E-state index contributed by atoms with van der Waals surface area (Å²) in [6, 6.07) is 4.80. The predicted molar refractivity (Wildman–Crippen MR) is 119 cm³/mol. The Labute approximate surface area is 180 Å². The molecule has 1 fully saturated rings. The van der Waals surface area contributed by atoms with Crippen LogP contribution in [0.25, 0.3) is 0 Å². The molecular formula is C23H38N4O3. The number of ether oxygens (including phenoxy) is 2. The van der Waals surface area contributed by atoms with E-state index in [1.807, 2.05) is 6.92 Å². The third-order valence-corrected chi connectivity index (χ3v) is 6.19. The molecule has 2 aliphatic rings. The number of piperidine rings is 1. The maximum absolute atomic E-state index is 12.1. The molecule has 1 aromatic heterocycles. The number of aryl methyl sites for hydroxylation is 2. The zero-order valence-corrected chi connectivity index (χ0v) is 18.6. The number of carbonyl (C=O) groups is 1. The first-order valence-corrected chi connectivity index (χ1v) is 11.5. The number of fused-ring (bicyclic) bond motifs is 1. The number of pyridine rings is 1. The van der Waals surface area contributed by atoms with E-state index < -0.39 is 0 Å². The fourth-order valence-corrected chi connectivity index (χ4v) is 4.23. The number of esters is 1. The summed E-state index contributed by atoms with van der Waals surface area (Å²) in [5.74, 6) is 0.949. The molecule has 0 aromatic carbocycles. The van der Waals surface area contributed by atoms with Gasteiger partial charge in [0.15, 0.2) is 0 Å². The lowest BCUT2D eigenvalue weighted by atomic mass is 10.0. The van der Waals surface area contributed by atoms with Crippen molar-refractivity contribution in [1.82, 2.24) is 15.2 Å². The maximum Gasteiger partial charge on any atom is 0.323 e. The van der Waals surface area contributed by atoms with Crippen molar-refractivity contribution in [3.8, 4) is 0 Å². The highest BCUT2D eigenvalue weighted by molar-refractivity contribution is 5.75. The highest BCUT2D eigenvalue weighted by Crippen LogP contribution is 2.20. The molecule has 1 atom stereocenters. The minimum absolute atomic E-state index is 0.149. The second-order valence-corrected chi connectivity index (χ2v) is 8.40. The lowest BCUT2D eigenvalue weighted by molar-refractivity contribution is -0.151. The van der Waals surface area contributed by atoms with Crippen molar-refractivity contribution in [3.05, 3.63) is 23.4 Å². The Morgan fingerprint density at radius 2 is 2.13 bits per heavy atom. The molecule has 7 nitrogen and oxygen atoms in total. The van der Waals surface area contributed by atoms with Crippen LogP contribution in [0.15, 0.2) is 12.1 Å². The van der Waals surface area contributed by atoms with E-state index in [2.05, 4.69) is 27.7 Å². The van der Waals surface area contributed by atoms with Crippen LogP contribution in [0, 0.1) is 0 Å². The van der Waals surface area contributed by atoms with Crippen molar-refractivity contribution in [2.45, 2.75) is 64.0 Å². The molecule has 3 heterocycles. The highest BCUT2D eigenvalue weighted by atomic mass is 16.6. The lowest BCUT2D eigenvalue weighted by Crippen LogP contribution is -2.48. The van der Waals surface area contributed by atoms with Gasteiger partial charge in [-0.2, -0.15) is 0 Å². The molecule has 168 valence electrons. The number of aromatic nitrogens is 1. The van der Waals surface area contributed by atoms with Crippen LogP contribution in [-0.2, 0) is 27.1 Å². The first-order chi connectivity index (χ1) is 14.7. The number of unbranched alkanes of at least 4 members (excludes halogenated alkanes) is 1. The van der Waals surface area contributed by atoms with E-state index in [1.165, 1.54) is 17.7 Å². The number of hydrogen-bond acceptors (Lipinski definition) is 7. The number of nitrogens with one attached hydrogen (secondary N) is 2. The van der Waals surface area contributed by atoms with E-state index in [0.29, 0.717) is 19.3 Å². The Morgan fingerprint density at radius 1 is 1.30 bits per heavy atom. The van der Waals surface area contributed by atoms with Gasteiger partial charge in [0.1, 0.15) is 18.5 Å². The molecule has 2 N–H and O–H groups in total. The van der Waals surface area contributed by atoms with Crippen LogP contribution >= 0.6 is 0 Å². The first kappa shape index (κ1) is 23.0. The van der Waals surface area contributed by atoms with Gasteiger partial charge in [-0.25, -0.2) is 4.98 Å². The van der Waals surface area contributed by atoms with Gasteiger partial charge in [-0.05, 0) is 70.0 Å². The Balaban J connectivity index is 1.27. The van der Waals surface area contributed by atoms with Gasteiger partial charge in [0.25, 0.3) is 0 Å². The van der Waals surface area contributed by atoms with E-state index in [1.54, 1.807) is 7.11 Å². The molecule has 0 saturated carbocycles. The summed E-state index contributed by atoms with van der Waals surface area (Å²) in [4.78, 5) is 19.1. The first-order valence-electron chi connectivity index (χ1n) is 11.5. The van der Waals surface area contributed by atoms with Crippen LogP contribution in [0.2, 0.25) is 0 Å². The lowest BCUT2D eigenvalue weighted by Gasteiger charge is -2.35. The normalized spacial score (nSPS) is 18.5. The second-order valence-electron chi connectivity index (χ2n) is 8.40. The third-order valence-electron chi connectivity index (χ3n) is 6.19. The Morgan fingerprint density at radius 3 is 2.93 bits per heavy atom. The van der Waals surface area contributed by atoms with Crippen molar-refractivity contribution in [1.29, 1.82) is 0 Å². The summed E-state index contributed by atoms with van der Waals surface area (Å²) in [5.41, 5.74) is 2.55. The van der Waals surface area contributed by atoms with Crippen LogP contribution in [0.3, 0.4) is 0 Å². The van der Waals surface area contributed by atoms with E-state index in [9.17, 15) is 4.79 Å². The van der Waals surface area contributed by atoms with E-state index in [-0.39, 0.29) is 12.0 Å². The number of nitrogens with zero attached hydrogens (tertiary/aromatic N) is 2. The zero-order valence-electron chi connectivity index (χ0n) is 18.6. The topological polar surface area (TPSA) is 75.7 Å². The fraction of sp³-hybridized carbons (Fsp3) is 0.739. The van der Waals surface area contributed by atoms with Crippen LogP contribution in [-0.4, -0.2) is 74.4 Å². The van der Waals surface area contributed by atoms with Gasteiger partial charge in [-0.15, -0.1) is 0 Å². The van der Waals surface area contributed by atoms with E-state index in [0.717, 1.165) is 70.5 Å². The summed E-state index contributed by atoms with van der Waals surface area (Å²) in [6.45, 7) is 6.67. The fourth-order valence-electron chi connectivity index (χ4n) is 4.23. The molecule has 2 aliphatic heterocycles. The van der Waals surface area contributed by atoms with Gasteiger partial charge in [-0.1, -0.05) is 6.07 Å². The largest absolute Gasteiger partial charge is 0.462 e. The Bertz CT molecular complexity index is 662. The molecule has 0 spiro atoms. The van der Waals surface area contributed by atoms with Gasteiger partial charge in [0.2, 0.25) is 0 Å².